The lowest BCUT2D eigenvalue weighted by Crippen LogP contribution is -2.30. The third kappa shape index (κ3) is 4.07. The van der Waals surface area contributed by atoms with Gasteiger partial charge in [-0.2, -0.15) is 4.31 Å². The van der Waals surface area contributed by atoms with Crippen LogP contribution in [0.15, 0.2) is 23.1 Å². The molecule has 0 aliphatic heterocycles. The average Bonchev–Trinajstić information content (AvgIpc) is 3.04. The minimum absolute atomic E-state index is 0.139. The largest absolute Gasteiger partial charge is 0.298 e. The molecular weight excluding hydrogens is 382 g/mol. The first kappa shape index (κ1) is 20.0. The Morgan fingerprint density at radius 1 is 1.22 bits per heavy atom. The SMILES string of the molecule is CCN(CC)S(=O)(=O)c1ccc(C)c(C(=O)Nc2nc3c(s2)CCCC3)c1. The lowest BCUT2D eigenvalue weighted by atomic mass is 10.0. The predicted octanol–water partition coefficient (Wildman–Crippen LogP) is 3.61. The molecule has 0 fully saturated rings. The monoisotopic (exact) mass is 407 g/mol. The van der Waals surface area contributed by atoms with Gasteiger partial charge in [-0.15, -0.1) is 11.3 Å². The standard InChI is InChI=1S/C19H25N3O3S2/c1-4-22(5-2)27(24,25)14-11-10-13(3)15(12-14)18(23)21-19-20-16-8-6-7-9-17(16)26-19/h10-12H,4-9H2,1-3H3,(H,20,21,23). The van der Waals surface area contributed by atoms with Crippen molar-refractivity contribution >= 4 is 32.4 Å². The number of aryl methyl sites for hydroxylation is 3. The second-order valence-electron chi connectivity index (χ2n) is 6.62. The number of anilines is 1. The molecular formula is C19H25N3O3S2. The zero-order chi connectivity index (χ0) is 19.6. The van der Waals surface area contributed by atoms with Gasteiger partial charge in [0.15, 0.2) is 5.13 Å². The molecule has 0 spiro atoms. The first-order chi connectivity index (χ1) is 12.9. The average molecular weight is 408 g/mol. The molecule has 0 saturated carbocycles. The van der Waals surface area contributed by atoms with E-state index in [-0.39, 0.29) is 10.8 Å². The fraction of sp³-hybridized carbons (Fsp3) is 0.474. The Hall–Kier alpha value is -1.77. The second-order valence-corrected chi connectivity index (χ2v) is 9.64. The van der Waals surface area contributed by atoms with Crippen molar-refractivity contribution in [2.75, 3.05) is 18.4 Å². The van der Waals surface area contributed by atoms with Gasteiger partial charge in [0.05, 0.1) is 10.6 Å². The molecule has 146 valence electrons. The van der Waals surface area contributed by atoms with Gasteiger partial charge in [-0.3, -0.25) is 10.1 Å². The number of rotatable bonds is 6. The van der Waals surface area contributed by atoms with Crippen molar-refractivity contribution in [3.63, 3.8) is 0 Å². The summed E-state index contributed by atoms with van der Waals surface area (Å²) in [4.78, 5) is 18.7. The van der Waals surface area contributed by atoms with Crippen LogP contribution in [0.3, 0.4) is 0 Å². The molecule has 6 nitrogen and oxygen atoms in total. The number of fused-ring (bicyclic) bond motifs is 1. The highest BCUT2D eigenvalue weighted by atomic mass is 32.2. The van der Waals surface area contributed by atoms with Crippen LogP contribution in [0, 0.1) is 6.92 Å². The molecule has 1 amide bonds. The Bertz CT molecular complexity index is 924. The lowest BCUT2D eigenvalue weighted by molar-refractivity contribution is 0.102. The van der Waals surface area contributed by atoms with Gasteiger partial charge in [-0.05, 0) is 50.3 Å². The Balaban J connectivity index is 1.87. The summed E-state index contributed by atoms with van der Waals surface area (Å²) in [5.41, 5.74) is 2.17. The number of thiazole rings is 1. The molecule has 0 atom stereocenters. The smallest absolute Gasteiger partial charge is 0.257 e. The van der Waals surface area contributed by atoms with E-state index >= 15 is 0 Å². The Morgan fingerprint density at radius 2 is 1.93 bits per heavy atom. The summed E-state index contributed by atoms with van der Waals surface area (Å²) in [7, 11) is -3.61. The zero-order valence-electron chi connectivity index (χ0n) is 15.9. The summed E-state index contributed by atoms with van der Waals surface area (Å²) in [6.45, 7) is 6.17. The molecule has 0 bridgehead atoms. The van der Waals surface area contributed by atoms with E-state index in [2.05, 4.69) is 10.3 Å². The van der Waals surface area contributed by atoms with Crippen molar-refractivity contribution in [1.82, 2.24) is 9.29 Å². The summed E-state index contributed by atoms with van der Waals surface area (Å²) < 4.78 is 26.9. The highest BCUT2D eigenvalue weighted by Crippen LogP contribution is 2.30. The molecule has 1 aromatic carbocycles. The molecule has 0 radical (unpaired) electrons. The van der Waals surface area contributed by atoms with E-state index in [0.717, 1.165) is 36.9 Å². The number of carbonyl (C=O) groups excluding carboxylic acids is 1. The lowest BCUT2D eigenvalue weighted by Gasteiger charge is -2.19. The summed E-state index contributed by atoms with van der Waals surface area (Å²) in [6.07, 6.45) is 4.26. The number of nitrogens with zero attached hydrogens (tertiary/aromatic N) is 2. The van der Waals surface area contributed by atoms with Crippen LogP contribution in [-0.4, -0.2) is 36.7 Å². The minimum atomic E-state index is -3.61. The fourth-order valence-corrected chi connectivity index (χ4v) is 5.82. The Kier molecular flexibility index (Phi) is 5.98. The molecule has 8 heteroatoms. The third-order valence-corrected chi connectivity index (χ3v) is 7.98. The van der Waals surface area contributed by atoms with Crippen LogP contribution in [-0.2, 0) is 22.9 Å². The molecule has 1 aliphatic rings. The van der Waals surface area contributed by atoms with Crippen molar-refractivity contribution in [1.29, 1.82) is 0 Å². The van der Waals surface area contributed by atoms with Crippen molar-refractivity contribution in [2.24, 2.45) is 0 Å². The molecule has 27 heavy (non-hydrogen) atoms. The molecule has 1 aliphatic carbocycles. The molecule has 1 N–H and O–H groups in total. The Morgan fingerprint density at radius 3 is 2.59 bits per heavy atom. The summed E-state index contributed by atoms with van der Waals surface area (Å²) in [5.74, 6) is -0.324. The zero-order valence-corrected chi connectivity index (χ0v) is 17.5. The predicted molar refractivity (Wildman–Crippen MR) is 108 cm³/mol. The number of benzene rings is 1. The number of hydrogen-bond acceptors (Lipinski definition) is 5. The molecule has 1 aromatic heterocycles. The first-order valence-electron chi connectivity index (χ1n) is 9.27. The van der Waals surface area contributed by atoms with Crippen LogP contribution in [0.25, 0.3) is 0 Å². The molecule has 2 aromatic rings. The van der Waals surface area contributed by atoms with E-state index in [4.69, 9.17) is 0 Å². The van der Waals surface area contributed by atoms with E-state index < -0.39 is 10.0 Å². The van der Waals surface area contributed by atoms with Crippen LogP contribution >= 0.6 is 11.3 Å². The number of sulfonamides is 1. The molecule has 0 saturated heterocycles. The number of aromatic nitrogens is 1. The van der Waals surface area contributed by atoms with Gasteiger partial charge in [-0.25, -0.2) is 13.4 Å². The van der Waals surface area contributed by atoms with Crippen molar-refractivity contribution in [3.05, 3.63) is 39.9 Å². The normalized spacial score (nSPS) is 14.2. The van der Waals surface area contributed by atoms with E-state index in [1.165, 1.54) is 26.6 Å². The quantitative estimate of drug-likeness (QED) is 0.793. The van der Waals surface area contributed by atoms with E-state index in [9.17, 15) is 13.2 Å². The van der Waals surface area contributed by atoms with Gasteiger partial charge in [0, 0.05) is 23.5 Å². The van der Waals surface area contributed by atoms with Gasteiger partial charge in [0.2, 0.25) is 10.0 Å². The van der Waals surface area contributed by atoms with Crippen molar-refractivity contribution in [3.8, 4) is 0 Å². The number of carbonyl (C=O) groups is 1. The number of hydrogen-bond donors (Lipinski definition) is 1. The van der Waals surface area contributed by atoms with Gasteiger partial charge in [0.25, 0.3) is 5.91 Å². The molecule has 3 rings (SSSR count). The van der Waals surface area contributed by atoms with Gasteiger partial charge < -0.3 is 0 Å². The first-order valence-corrected chi connectivity index (χ1v) is 11.5. The van der Waals surface area contributed by atoms with Gasteiger partial charge in [-0.1, -0.05) is 19.9 Å². The topological polar surface area (TPSA) is 79.4 Å². The van der Waals surface area contributed by atoms with Gasteiger partial charge in [0.1, 0.15) is 0 Å². The van der Waals surface area contributed by atoms with E-state index in [1.807, 2.05) is 0 Å². The van der Waals surface area contributed by atoms with Crippen molar-refractivity contribution < 1.29 is 13.2 Å². The van der Waals surface area contributed by atoms with Crippen LogP contribution in [0.5, 0.6) is 0 Å². The fourth-order valence-electron chi connectivity index (χ4n) is 3.29. The minimum Gasteiger partial charge on any atom is -0.298 e. The highest BCUT2D eigenvalue weighted by Gasteiger charge is 2.24. The highest BCUT2D eigenvalue weighted by molar-refractivity contribution is 7.89. The molecule has 1 heterocycles. The van der Waals surface area contributed by atoms with E-state index in [1.54, 1.807) is 32.9 Å². The van der Waals surface area contributed by atoms with Crippen LogP contribution in [0.4, 0.5) is 5.13 Å². The molecule has 0 unspecified atom stereocenters. The second kappa shape index (κ2) is 8.08. The Labute approximate surface area is 164 Å². The summed E-state index contributed by atoms with van der Waals surface area (Å²) in [6, 6.07) is 4.70. The van der Waals surface area contributed by atoms with Crippen LogP contribution in [0.2, 0.25) is 0 Å². The maximum atomic E-state index is 12.8. The summed E-state index contributed by atoms with van der Waals surface area (Å²) in [5, 5.41) is 3.44. The maximum absolute atomic E-state index is 12.8. The summed E-state index contributed by atoms with van der Waals surface area (Å²) >= 11 is 1.52. The van der Waals surface area contributed by atoms with E-state index in [0.29, 0.717) is 23.8 Å². The third-order valence-electron chi connectivity index (χ3n) is 4.86. The van der Waals surface area contributed by atoms with Crippen LogP contribution in [0.1, 0.15) is 53.2 Å². The van der Waals surface area contributed by atoms with Gasteiger partial charge >= 0.3 is 0 Å². The van der Waals surface area contributed by atoms with Crippen molar-refractivity contribution in [2.45, 2.75) is 51.3 Å². The number of amides is 1. The van der Waals surface area contributed by atoms with Crippen LogP contribution < -0.4 is 5.32 Å². The maximum Gasteiger partial charge on any atom is 0.257 e. The number of nitrogens with one attached hydrogen (secondary N) is 1.